The number of nitrogens with one attached hydrogen (secondary N) is 1. The second-order valence-electron chi connectivity index (χ2n) is 4.67. The van der Waals surface area contributed by atoms with Gasteiger partial charge in [-0.25, -0.2) is 0 Å². The van der Waals surface area contributed by atoms with Crippen LogP contribution in [-0.2, 0) is 0 Å². The molecule has 112 valence electrons. The quantitative estimate of drug-likeness (QED) is 0.921. The lowest BCUT2D eigenvalue weighted by molar-refractivity contribution is 0.102. The number of nitriles is 1. The number of hydrogen-bond donors (Lipinski definition) is 1. The van der Waals surface area contributed by atoms with E-state index in [1.165, 1.54) is 0 Å². The van der Waals surface area contributed by atoms with Crippen molar-refractivity contribution in [2.45, 2.75) is 13.8 Å². The highest BCUT2D eigenvalue weighted by atomic mass is 35.5. The summed E-state index contributed by atoms with van der Waals surface area (Å²) < 4.78 is 5.45. The Bertz CT molecular complexity index is 751. The van der Waals surface area contributed by atoms with E-state index < -0.39 is 0 Å². The lowest BCUT2D eigenvalue weighted by Crippen LogP contribution is -2.12. The summed E-state index contributed by atoms with van der Waals surface area (Å²) in [4.78, 5) is 12.3. The molecule has 2 aromatic carbocycles. The third kappa shape index (κ3) is 3.57. The number of carbonyl (C=O) groups is 1. The number of rotatable bonds is 4. The monoisotopic (exact) mass is 314 g/mol. The van der Waals surface area contributed by atoms with Gasteiger partial charge in [0.15, 0.2) is 0 Å². The van der Waals surface area contributed by atoms with Crippen LogP contribution in [0, 0.1) is 18.3 Å². The highest BCUT2D eigenvalue weighted by Gasteiger charge is 2.10. The normalized spacial score (nSPS) is 9.91. The fraction of sp³-hybridized carbons (Fsp3) is 0.176. The van der Waals surface area contributed by atoms with Gasteiger partial charge in [0.2, 0.25) is 0 Å². The average Bonchev–Trinajstić information content (AvgIpc) is 2.51. The maximum absolute atomic E-state index is 12.3. The lowest BCUT2D eigenvalue weighted by atomic mass is 10.1. The number of ether oxygens (including phenoxy) is 1. The summed E-state index contributed by atoms with van der Waals surface area (Å²) in [6.45, 7) is 4.37. The minimum atomic E-state index is -0.252. The number of hydrogen-bond acceptors (Lipinski definition) is 3. The number of aryl methyl sites for hydroxylation is 1. The topological polar surface area (TPSA) is 62.1 Å². The molecule has 1 N–H and O–H groups in total. The molecule has 4 nitrogen and oxygen atoms in total. The molecule has 5 heteroatoms. The van der Waals surface area contributed by atoms with E-state index in [-0.39, 0.29) is 5.91 Å². The maximum atomic E-state index is 12.3. The van der Waals surface area contributed by atoms with E-state index in [9.17, 15) is 4.79 Å². The molecule has 0 saturated carbocycles. The molecule has 0 saturated heterocycles. The van der Waals surface area contributed by atoms with Crippen LogP contribution >= 0.6 is 11.6 Å². The zero-order valence-electron chi connectivity index (χ0n) is 12.3. The predicted molar refractivity (Wildman–Crippen MR) is 86.5 cm³/mol. The molecule has 0 aromatic heterocycles. The van der Waals surface area contributed by atoms with Gasteiger partial charge in [-0.2, -0.15) is 5.26 Å². The molecule has 22 heavy (non-hydrogen) atoms. The Morgan fingerprint density at radius 1 is 1.32 bits per heavy atom. The van der Waals surface area contributed by atoms with E-state index in [1.807, 2.05) is 19.9 Å². The highest BCUT2D eigenvalue weighted by molar-refractivity contribution is 6.31. The van der Waals surface area contributed by atoms with Crippen LogP contribution in [0.3, 0.4) is 0 Å². The summed E-state index contributed by atoms with van der Waals surface area (Å²) in [5.41, 5.74) is 2.26. The van der Waals surface area contributed by atoms with Crippen molar-refractivity contribution >= 4 is 23.2 Å². The van der Waals surface area contributed by atoms with Crippen LogP contribution in [0.5, 0.6) is 5.75 Å². The zero-order valence-corrected chi connectivity index (χ0v) is 13.1. The molecule has 0 heterocycles. The second-order valence-corrected chi connectivity index (χ2v) is 5.08. The summed E-state index contributed by atoms with van der Waals surface area (Å²) in [6.07, 6.45) is 0. The third-order valence-corrected chi connectivity index (χ3v) is 3.41. The van der Waals surface area contributed by atoms with E-state index in [0.717, 1.165) is 11.3 Å². The van der Waals surface area contributed by atoms with Crippen molar-refractivity contribution in [2.75, 3.05) is 11.9 Å². The Labute approximate surface area is 134 Å². The van der Waals surface area contributed by atoms with Gasteiger partial charge in [0.05, 0.1) is 17.2 Å². The summed E-state index contributed by atoms with van der Waals surface area (Å²) >= 11 is 5.87. The highest BCUT2D eigenvalue weighted by Crippen LogP contribution is 2.22. The van der Waals surface area contributed by atoms with Crippen LogP contribution in [0.1, 0.15) is 28.4 Å². The largest absolute Gasteiger partial charge is 0.494 e. The zero-order chi connectivity index (χ0) is 16.1. The first-order valence-electron chi connectivity index (χ1n) is 6.79. The minimum absolute atomic E-state index is 0.252. The molecule has 0 atom stereocenters. The Balaban J connectivity index is 2.19. The van der Waals surface area contributed by atoms with Crippen LogP contribution in [0.25, 0.3) is 0 Å². The maximum Gasteiger partial charge on any atom is 0.255 e. The molecule has 0 unspecified atom stereocenters. The number of benzene rings is 2. The number of amides is 1. The summed E-state index contributed by atoms with van der Waals surface area (Å²) in [6, 6.07) is 12.0. The van der Waals surface area contributed by atoms with Crippen LogP contribution in [0.2, 0.25) is 5.02 Å². The molecule has 2 rings (SSSR count). The first-order valence-corrected chi connectivity index (χ1v) is 7.17. The van der Waals surface area contributed by atoms with Gasteiger partial charge in [0, 0.05) is 11.3 Å². The van der Waals surface area contributed by atoms with Gasteiger partial charge >= 0.3 is 0 Å². The minimum Gasteiger partial charge on any atom is -0.494 e. The number of carbonyl (C=O) groups excluding carboxylic acids is 1. The van der Waals surface area contributed by atoms with Crippen molar-refractivity contribution in [3.8, 4) is 11.8 Å². The van der Waals surface area contributed by atoms with Crippen LogP contribution < -0.4 is 10.1 Å². The van der Waals surface area contributed by atoms with E-state index in [0.29, 0.717) is 28.4 Å². The average molecular weight is 315 g/mol. The number of anilines is 1. The molecule has 0 bridgehead atoms. The van der Waals surface area contributed by atoms with Gasteiger partial charge in [0.25, 0.3) is 5.91 Å². The standard InChI is InChI=1S/C17H15ClN2O2/c1-3-22-16-7-4-12(8-11(16)2)17(21)20-14-5-6-15(18)13(9-14)10-19/h4-9H,3H2,1-2H3,(H,20,21). The van der Waals surface area contributed by atoms with Gasteiger partial charge < -0.3 is 10.1 Å². The summed E-state index contributed by atoms with van der Waals surface area (Å²) in [7, 11) is 0. The second kappa shape index (κ2) is 6.97. The molecule has 2 aromatic rings. The molecule has 0 radical (unpaired) electrons. The Hall–Kier alpha value is -2.51. The van der Waals surface area contributed by atoms with E-state index in [4.69, 9.17) is 21.6 Å². The van der Waals surface area contributed by atoms with Crippen molar-refractivity contribution in [1.82, 2.24) is 0 Å². The predicted octanol–water partition coefficient (Wildman–Crippen LogP) is 4.17. The van der Waals surface area contributed by atoms with Gasteiger partial charge in [0.1, 0.15) is 11.8 Å². The smallest absolute Gasteiger partial charge is 0.255 e. The SMILES string of the molecule is CCOc1ccc(C(=O)Nc2ccc(Cl)c(C#N)c2)cc1C. The van der Waals surface area contributed by atoms with Gasteiger partial charge in [-0.1, -0.05) is 11.6 Å². The molecule has 0 spiro atoms. The van der Waals surface area contributed by atoms with Gasteiger partial charge in [-0.3, -0.25) is 4.79 Å². The molecular formula is C17H15ClN2O2. The first kappa shape index (κ1) is 15.9. The van der Waals surface area contributed by atoms with Crippen LogP contribution in [0.4, 0.5) is 5.69 Å². The first-order chi connectivity index (χ1) is 10.5. The number of halogens is 1. The summed E-state index contributed by atoms with van der Waals surface area (Å²) in [5, 5.41) is 12.1. The fourth-order valence-corrected chi connectivity index (χ4v) is 2.16. The van der Waals surface area contributed by atoms with Crippen molar-refractivity contribution in [3.63, 3.8) is 0 Å². The Kier molecular flexibility index (Phi) is 5.03. The van der Waals surface area contributed by atoms with Crippen molar-refractivity contribution in [1.29, 1.82) is 5.26 Å². The van der Waals surface area contributed by atoms with Crippen molar-refractivity contribution < 1.29 is 9.53 Å². The van der Waals surface area contributed by atoms with E-state index in [2.05, 4.69) is 5.32 Å². The van der Waals surface area contributed by atoms with Crippen molar-refractivity contribution in [3.05, 3.63) is 58.1 Å². The molecule has 0 aliphatic carbocycles. The van der Waals surface area contributed by atoms with Crippen LogP contribution in [0.15, 0.2) is 36.4 Å². The number of nitrogens with zero attached hydrogens (tertiary/aromatic N) is 1. The van der Waals surface area contributed by atoms with E-state index in [1.54, 1.807) is 36.4 Å². The summed E-state index contributed by atoms with van der Waals surface area (Å²) in [5.74, 6) is 0.509. The lowest BCUT2D eigenvalue weighted by Gasteiger charge is -2.10. The van der Waals surface area contributed by atoms with Gasteiger partial charge in [-0.05, 0) is 55.8 Å². The Morgan fingerprint density at radius 2 is 2.09 bits per heavy atom. The molecular weight excluding hydrogens is 300 g/mol. The molecule has 1 amide bonds. The van der Waals surface area contributed by atoms with Gasteiger partial charge in [-0.15, -0.1) is 0 Å². The van der Waals surface area contributed by atoms with Crippen molar-refractivity contribution in [2.24, 2.45) is 0 Å². The molecule has 0 aliphatic rings. The molecule has 0 aliphatic heterocycles. The third-order valence-electron chi connectivity index (χ3n) is 3.08. The molecule has 0 fully saturated rings. The Morgan fingerprint density at radius 3 is 2.73 bits per heavy atom. The fourth-order valence-electron chi connectivity index (χ4n) is 2.00. The van der Waals surface area contributed by atoms with Crippen LogP contribution in [-0.4, -0.2) is 12.5 Å². The van der Waals surface area contributed by atoms with E-state index >= 15 is 0 Å².